The lowest BCUT2D eigenvalue weighted by molar-refractivity contribution is 1.17. The molecular formula is C29H24N2. The maximum atomic E-state index is 4.05. The van der Waals surface area contributed by atoms with Gasteiger partial charge in [0.15, 0.2) is 0 Å². The zero-order valence-corrected chi connectivity index (χ0v) is 17.6. The van der Waals surface area contributed by atoms with Gasteiger partial charge in [-0.1, -0.05) is 67.3 Å². The van der Waals surface area contributed by atoms with Crippen LogP contribution in [0.25, 0.3) is 27.5 Å². The second kappa shape index (κ2) is 8.00. The van der Waals surface area contributed by atoms with Crippen molar-refractivity contribution in [1.82, 2.24) is 4.57 Å². The molecule has 0 amide bonds. The summed E-state index contributed by atoms with van der Waals surface area (Å²) in [6, 6.07) is 36.3. The molecule has 0 aliphatic heterocycles. The van der Waals surface area contributed by atoms with E-state index in [0.29, 0.717) is 0 Å². The number of allylic oxidation sites excluding steroid dienone is 2. The quantitative estimate of drug-likeness (QED) is 0.271. The van der Waals surface area contributed by atoms with Crippen LogP contribution in [0.4, 0.5) is 11.4 Å². The summed E-state index contributed by atoms with van der Waals surface area (Å²) in [4.78, 5) is 2.25. The molecule has 0 saturated carbocycles. The number of nitrogens with zero attached hydrogens (tertiary/aromatic N) is 2. The summed E-state index contributed by atoms with van der Waals surface area (Å²) < 4.78 is 2.34. The molecule has 0 N–H and O–H groups in total. The van der Waals surface area contributed by atoms with E-state index >= 15 is 0 Å². The van der Waals surface area contributed by atoms with Crippen molar-refractivity contribution >= 4 is 33.2 Å². The molecule has 1 heterocycles. The van der Waals surface area contributed by atoms with Crippen LogP contribution in [0.1, 0.15) is 6.92 Å². The first-order chi connectivity index (χ1) is 15.3. The van der Waals surface area contributed by atoms with Crippen LogP contribution in [0.2, 0.25) is 0 Å². The van der Waals surface area contributed by atoms with E-state index < -0.39 is 0 Å². The highest BCUT2D eigenvalue weighted by Gasteiger charge is 2.16. The van der Waals surface area contributed by atoms with E-state index in [2.05, 4.69) is 119 Å². The van der Waals surface area contributed by atoms with Gasteiger partial charge in [-0.3, -0.25) is 0 Å². The fourth-order valence-corrected chi connectivity index (χ4v) is 4.32. The maximum absolute atomic E-state index is 4.05. The van der Waals surface area contributed by atoms with Crippen molar-refractivity contribution in [2.45, 2.75) is 6.92 Å². The Morgan fingerprint density at radius 3 is 2.06 bits per heavy atom. The second-order valence-corrected chi connectivity index (χ2v) is 7.48. The Labute approximate surface area is 183 Å². The molecule has 0 aliphatic carbocycles. The van der Waals surface area contributed by atoms with Crippen LogP contribution in [0.5, 0.6) is 0 Å². The summed E-state index contributed by atoms with van der Waals surface area (Å²) in [6.07, 6.45) is 4.00. The molecule has 0 unspecified atom stereocenters. The van der Waals surface area contributed by atoms with Crippen LogP contribution in [-0.4, -0.2) is 4.57 Å². The van der Waals surface area contributed by atoms with Gasteiger partial charge in [-0.25, -0.2) is 0 Å². The monoisotopic (exact) mass is 400 g/mol. The Kier molecular flexibility index (Phi) is 4.89. The summed E-state index contributed by atoms with van der Waals surface area (Å²) in [5.74, 6) is 0. The number of anilines is 2. The first-order valence-electron chi connectivity index (χ1n) is 10.5. The lowest BCUT2D eigenvalue weighted by atomic mass is 10.1. The highest BCUT2D eigenvalue weighted by atomic mass is 15.1. The third-order valence-corrected chi connectivity index (χ3v) is 5.71. The first kappa shape index (κ1) is 19.0. The Balaban J connectivity index is 1.79. The van der Waals surface area contributed by atoms with Crippen molar-refractivity contribution < 1.29 is 0 Å². The van der Waals surface area contributed by atoms with Crippen molar-refractivity contribution in [1.29, 1.82) is 0 Å². The smallest absolute Gasteiger partial charge is 0.0542 e. The number of aromatic nitrogens is 1. The normalized spacial score (nSPS) is 11.7. The van der Waals surface area contributed by atoms with Crippen molar-refractivity contribution in [2.24, 2.45) is 0 Å². The van der Waals surface area contributed by atoms with Gasteiger partial charge < -0.3 is 9.47 Å². The molecule has 1 aromatic heterocycles. The van der Waals surface area contributed by atoms with E-state index in [9.17, 15) is 0 Å². The van der Waals surface area contributed by atoms with E-state index in [4.69, 9.17) is 0 Å². The van der Waals surface area contributed by atoms with Crippen LogP contribution in [-0.2, 0) is 0 Å². The minimum absolute atomic E-state index is 1.05. The van der Waals surface area contributed by atoms with E-state index in [0.717, 1.165) is 17.1 Å². The van der Waals surface area contributed by atoms with Gasteiger partial charge in [0.2, 0.25) is 0 Å². The second-order valence-electron chi connectivity index (χ2n) is 7.48. The van der Waals surface area contributed by atoms with Crippen molar-refractivity contribution in [3.8, 4) is 5.69 Å². The number of hydrogen-bond donors (Lipinski definition) is 0. The lowest BCUT2D eigenvalue weighted by Crippen LogP contribution is -2.14. The molecule has 31 heavy (non-hydrogen) atoms. The molecule has 0 radical (unpaired) electrons. The number of rotatable bonds is 5. The number of para-hydroxylation sites is 3. The highest BCUT2D eigenvalue weighted by molar-refractivity contribution is 6.10. The van der Waals surface area contributed by atoms with E-state index in [-0.39, 0.29) is 0 Å². The first-order valence-corrected chi connectivity index (χ1v) is 10.5. The fraction of sp³-hybridized carbons (Fsp3) is 0.0345. The predicted octanol–water partition coefficient (Wildman–Crippen LogP) is 8.01. The van der Waals surface area contributed by atoms with Crippen LogP contribution in [0.3, 0.4) is 0 Å². The molecule has 0 spiro atoms. The average molecular weight is 401 g/mol. The summed E-state index contributed by atoms with van der Waals surface area (Å²) in [5.41, 5.74) is 6.86. The number of benzene rings is 4. The molecule has 4 aromatic carbocycles. The van der Waals surface area contributed by atoms with Gasteiger partial charge in [0.25, 0.3) is 0 Å². The van der Waals surface area contributed by atoms with Gasteiger partial charge in [0.05, 0.1) is 11.0 Å². The minimum atomic E-state index is 1.05. The molecular weight excluding hydrogens is 376 g/mol. The van der Waals surface area contributed by atoms with Crippen molar-refractivity contribution in [3.05, 3.63) is 128 Å². The third kappa shape index (κ3) is 3.23. The Morgan fingerprint density at radius 2 is 1.35 bits per heavy atom. The number of fused-ring (bicyclic) bond motifs is 3. The summed E-state index contributed by atoms with van der Waals surface area (Å²) in [6.45, 7) is 6.09. The molecule has 2 heteroatoms. The van der Waals surface area contributed by atoms with Gasteiger partial charge in [0.1, 0.15) is 0 Å². The van der Waals surface area contributed by atoms with Crippen LogP contribution >= 0.6 is 0 Å². The third-order valence-electron chi connectivity index (χ3n) is 5.71. The molecule has 0 fully saturated rings. The molecule has 0 atom stereocenters. The molecule has 0 bridgehead atoms. The lowest BCUT2D eigenvalue weighted by Gasteiger charge is -2.26. The van der Waals surface area contributed by atoms with E-state index in [1.165, 1.54) is 27.5 Å². The van der Waals surface area contributed by atoms with Gasteiger partial charge in [-0.15, -0.1) is 0 Å². The van der Waals surface area contributed by atoms with Crippen LogP contribution < -0.4 is 4.90 Å². The fourth-order valence-electron chi connectivity index (χ4n) is 4.32. The maximum Gasteiger partial charge on any atom is 0.0542 e. The Morgan fingerprint density at radius 1 is 0.710 bits per heavy atom. The van der Waals surface area contributed by atoms with Gasteiger partial charge in [0, 0.05) is 33.5 Å². The molecule has 2 nitrogen and oxygen atoms in total. The zero-order valence-electron chi connectivity index (χ0n) is 17.6. The molecule has 0 saturated heterocycles. The predicted molar refractivity (Wildman–Crippen MR) is 133 cm³/mol. The van der Waals surface area contributed by atoms with Gasteiger partial charge in [-0.2, -0.15) is 0 Å². The van der Waals surface area contributed by atoms with E-state index in [1.54, 1.807) is 0 Å². The summed E-state index contributed by atoms with van der Waals surface area (Å²) in [5, 5.41) is 2.48. The van der Waals surface area contributed by atoms with Crippen molar-refractivity contribution in [3.63, 3.8) is 0 Å². The Bertz CT molecular complexity index is 1390. The standard InChI is InChI=1S/C29H24N2/c1-3-22(4-2)30(23-13-7-5-8-14-23)25-19-20-29-27(21-25)26-17-11-12-18-28(26)31(29)24-15-9-6-10-16-24/h3-21H,1H2,2H3/b22-4+. The average Bonchev–Trinajstić information content (AvgIpc) is 3.17. The highest BCUT2D eigenvalue weighted by Crippen LogP contribution is 2.37. The summed E-state index contributed by atoms with van der Waals surface area (Å²) >= 11 is 0. The zero-order chi connectivity index (χ0) is 21.2. The van der Waals surface area contributed by atoms with Gasteiger partial charge in [-0.05, 0) is 61.5 Å². The van der Waals surface area contributed by atoms with Crippen LogP contribution in [0.15, 0.2) is 128 Å². The largest absolute Gasteiger partial charge is 0.311 e. The molecule has 5 rings (SSSR count). The number of hydrogen-bond acceptors (Lipinski definition) is 1. The van der Waals surface area contributed by atoms with Crippen LogP contribution in [0, 0.1) is 0 Å². The minimum Gasteiger partial charge on any atom is -0.311 e. The van der Waals surface area contributed by atoms with Gasteiger partial charge >= 0.3 is 0 Å². The molecule has 150 valence electrons. The summed E-state index contributed by atoms with van der Waals surface area (Å²) in [7, 11) is 0. The molecule has 0 aliphatic rings. The Hall–Kier alpha value is -4.04. The van der Waals surface area contributed by atoms with E-state index in [1.807, 2.05) is 19.1 Å². The molecule has 5 aromatic rings. The van der Waals surface area contributed by atoms with Crippen molar-refractivity contribution in [2.75, 3.05) is 4.90 Å². The topological polar surface area (TPSA) is 8.17 Å². The SMILES string of the molecule is C=C/C(=C\C)N(c1ccccc1)c1ccc2c(c1)c1ccccc1n2-c1ccccc1.